The molecule has 2 unspecified atom stereocenters. The zero-order valence-corrected chi connectivity index (χ0v) is 17.1. The highest BCUT2D eigenvalue weighted by atomic mass is 19.4. The topological polar surface area (TPSA) is 32.3 Å². The summed E-state index contributed by atoms with van der Waals surface area (Å²) in [6.45, 7) is 2.79. The van der Waals surface area contributed by atoms with Gasteiger partial charge in [-0.3, -0.25) is 9.69 Å². The fourth-order valence-corrected chi connectivity index (χ4v) is 4.94. The van der Waals surface area contributed by atoms with Gasteiger partial charge in [-0.15, -0.1) is 0 Å². The van der Waals surface area contributed by atoms with E-state index in [0.29, 0.717) is 6.04 Å². The Kier molecular flexibility index (Phi) is 5.87. The van der Waals surface area contributed by atoms with Gasteiger partial charge in [-0.05, 0) is 68.0 Å². The van der Waals surface area contributed by atoms with Crippen molar-refractivity contribution in [2.24, 2.45) is 0 Å². The van der Waals surface area contributed by atoms with Gasteiger partial charge in [0.15, 0.2) is 0 Å². The van der Waals surface area contributed by atoms with Gasteiger partial charge in [-0.25, -0.2) is 0 Å². The molecule has 2 saturated heterocycles. The van der Waals surface area contributed by atoms with Crippen molar-refractivity contribution in [3.8, 4) is 0 Å². The summed E-state index contributed by atoms with van der Waals surface area (Å²) in [7, 11) is 0. The summed E-state index contributed by atoms with van der Waals surface area (Å²) in [5, 5.41) is 2.75. The van der Waals surface area contributed by atoms with Gasteiger partial charge in [0.2, 0.25) is 0 Å². The van der Waals surface area contributed by atoms with Gasteiger partial charge in [0, 0.05) is 24.2 Å². The number of hydrogen-bond donors (Lipinski definition) is 1. The van der Waals surface area contributed by atoms with Crippen LogP contribution in [0.3, 0.4) is 0 Å². The summed E-state index contributed by atoms with van der Waals surface area (Å²) in [5.74, 6) is -0.491. The van der Waals surface area contributed by atoms with Crippen LogP contribution in [0, 0.1) is 6.92 Å². The number of carbonyl (C=O) groups is 1. The molecule has 2 heterocycles. The van der Waals surface area contributed by atoms with Crippen LogP contribution in [0.5, 0.6) is 0 Å². The van der Waals surface area contributed by atoms with Gasteiger partial charge in [0.25, 0.3) is 5.91 Å². The van der Waals surface area contributed by atoms with Crippen molar-refractivity contribution in [3.63, 3.8) is 0 Å². The predicted octanol–water partition coefficient (Wildman–Crippen LogP) is 5.63. The summed E-state index contributed by atoms with van der Waals surface area (Å²) in [6.07, 6.45) is 1.89. The average Bonchev–Trinajstić information content (AvgIpc) is 3.16. The predicted molar refractivity (Wildman–Crippen MR) is 110 cm³/mol. The number of halogens is 3. The maximum absolute atomic E-state index is 13.1. The van der Waals surface area contributed by atoms with E-state index >= 15 is 0 Å². The number of alkyl halides is 3. The highest BCUT2D eigenvalue weighted by molar-refractivity contribution is 5.95. The summed E-state index contributed by atoms with van der Waals surface area (Å²) in [6, 6.07) is 13.2. The Morgan fingerprint density at radius 2 is 1.83 bits per heavy atom. The summed E-state index contributed by atoms with van der Waals surface area (Å²) in [4.78, 5) is 15.1. The van der Waals surface area contributed by atoms with Crippen LogP contribution in [-0.2, 0) is 12.7 Å². The number of nitrogens with one attached hydrogen (secondary N) is 1. The smallest absolute Gasteiger partial charge is 0.348 e. The van der Waals surface area contributed by atoms with Crippen molar-refractivity contribution in [2.45, 2.75) is 63.8 Å². The molecule has 3 nitrogen and oxygen atoms in total. The second-order valence-electron chi connectivity index (χ2n) is 8.38. The van der Waals surface area contributed by atoms with Crippen LogP contribution in [0.1, 0.15) is 70.8 Å². The average molecular weight is 416 g/mol. The molecule has 2 aliphatic rings. The van der Waals surface area contributed by atoms with Crippen molar-refractivity contribution in [1.82, 2.24) is 10.2 Å². The third-order valence-electron chi connectivity index (χ3n) is 6.55. The lowest BCUT2D eigenvalue weighted by atomic mass is 10.0. The van der Waals surface area contributed by atoms with Gasteiger partial charge in [-0.2, -0.15) is 13.2 Å². The second-order valence-corrected chi connectivity index (χ2v) is 8.38. The molecule has 160 valence electrons. The highest BCUT2D eigenvalue weighted by Gasteiger charge is 2.35. The van der Waals surface area contributed by atoms with E-state index in [4.69, 9.17) is 0 Å². The van der Waals surface area contributed by atoms with E-state index < -0.39 is 17.6 Å². The molecule has 0 aliphatic carbocycles. The Morgan fingerprint density at radius 3 is 2.57 bits per heavy atom. The molecule has 0 radical (unpaired) electrons. The fourth-order valence-electron chi connectivity index (χ4n) is 4.94. The molecule has 0 bridgehead atoms. The zero-order valence-electron chi connectivity index (χ0n) is 17.1. The van der Waals surface area contributed by atoms with Crippen molar-refractivity contribution < 1.29 is 18.0 Å². The van der Waals surface area contributed by atoms with Crippen molar-refractivity contribution >= 4 is 5.91 Å². The molecule has 2 aromatic rings. The number of amides is 1. The molecular weight excluding hydrogens is 389 g/mol. The van der Waals surface area contributed by atoms with E-state index in [1.807, 2.05) is 12.1 Å². The largest absolute Gasteiger partial charge is 0.416 e. The minimum atomic E-state index is -4.47. The van der Waals surface area contributed by atoms with Gasteiger partial charge in [0.1, 0.15) is 0 Å². The van der Waals surface area contributed by atoms with Crippen LogP contribution in [0.15, 0.2) is 42.5 Å². The molecule has 0 spiro atoms. The maximum Gasteiger partial charge on any atom is 0.416 e. The lowest BCUT2D eigenvalue weighted by Gasteiger charge is -2.34. The van der Waals surface area contributed by atoms with E-state index in [0.717, 1.165) is 17.7 Å². The molecule has 0 saturated carbocycles. The third-order valence-corrected chi connectivity index (χ3v) is 6.55. The van der Waals surface area contributed by atoms with Crippen molar-refractivity contribution in [2.75, 3.05) is 6.54 Å². The van der Waals surface area contributed by atoms with Crippen molar-refractivity contribution in [3.05, 3.63) is 70.3 Å². The highest BCUT2D eigenvalue weighted by Crippen LogP contribution is 2.40. The molecule has 6 heteroatoms. The SMILES string of the molecule is Cc1c(C(=O)NCc2ccc(C3CCC4CCCCN43)cc2)cccc1C(F)(F)F. The normalized spacial score (nSPS) is 22.0. The van der Waals surface area contributed by atoms with Gasteiger partial charge >= 0.3 is 6.18 Å². The van der Waals surface area contributed by atoms with E-state index in [1.165, 1.54) is 63.3 Å². The van der Waals surface area contributed by atoms with Gasteiger partial charge in [-0.1, -0.05) is 36.8 Å². The molecule has 2 atom stereocenters. The monoisotopic (exact) mass is 416 g/mol. The van der Waals surface area contributed by atoms with Crippen LogP contribution in [0.2, 0.25) is 0 Å². The first-order chi connectivity index (χ1) is 14.3. The molecule has 2 fully saturated rings. The second kappa shape index (κ2) is 8.42. The lowest BCUT2D eigenvalue weighted by molar-refractivity contribution is -0.138. The number of carbonyl (C=O) groups excluding carboxylic acids is 1. The zero-order chi connectivity index (χ0) is 21.3. The summed E-state index contributed by atoms with van der Waals surface area (Å²) in [5.41, 5.74) is 1.49. The standard InChI is InChI=1S/C24H27F3N2O/c1-16-20(6-4-7-21(16)24(25,26)27)23(30)28-15-17-8-10-18(11-9-17)22-13-12-19-5-2-3-14-29(19)22/h4,6-11,19,22H,2-3,5,12-15H2,1H3,(H,28,30). The summed E-state index contributed by atoms with van der Waals surface area (Å²) >= 11 is 0. The maximum atomic E-state index is 13.1. The first-order valence-electron chi connectivity index (χ1n) is 10.6. The van der Waals surface area contributed by atoms with Gasteiger partial charge < -0.3 is 5.32 Å². The van der Waals surface area contributed by atoms with Crippen LogP contribution >= 0.6 is 0 Å². The van der Waals surface area contributed by atoms with Crippen LogP contribution in [0.4, 0.5) is 13.2 Å². The Labute approximate surface area is 175 Å². The number of fused-ring (bicyclic) bond motifs is 1. The van der Waals surface area contributed by atoms with Crippen LogP contribution in [0.25, 0.3) is 0 Å². The molecule has 1 amide bonds. The molecule has 2 aromatic carbocycles. The first kappa shape index (κ1) is 20.9. The Balaban J connectivity index is 1.40. The molecule has 1 N–H and O–H groups in total. The Bertz CT molecular complexity index is 908. The van der Waals surface area contributed by atoms with Crippen molar-refractivity contribution in [1.29, 1.82) is 0 Å². The number of rotatable bonds is 4. The number of nitrogens with zero attached hydrogens (tertiary/aromatic N) is 1. The minimum Gasteiger partial charge on any atom is -0.348 e. The van der Waals surface area contributed by atoms with Crippen LogP contribution < -0.4 is 5.32 Å². The molecular formula is C24H27F3N2O. The van der Waals surface area contributed by atoms with E-state index in [9.17, 15) is 18.0 Å². The quantitative estimate of drug-likeness (QED) is 0.700. The van der Waals surface area contributed by atoms with E-state index in [-0.39, 0.29) is 17.7 Å². The summed E-state index contributed by atoms with van der Waals surface area (Å²) < 4.78 is 39.2. The minimum absolute atomic E-state index is 0.0461. The molecule has 2 aliphatic heterocycles. The van der Waals surface area contributed by atoms with E-state index in [1.54, 1.807) is 0 Å². The third kappa shape index (κ3) is 4.24. The Hall–Kier alpha value is -2.34. The van der Waals surface area contributed by atoms with E-state index in [2.05, 4.69) is 22.3 Å². The lowest BCUT2D eigenvalue weighted by Crippen LogP contribution is -2.35. The Morgan fingerprint density at radius 1 is 1.07 bits per heavy atom. The molecule has 30 heavy (non-hydrogen) atoms. The molecule has 0 aromatic heterocycles. The fraction of sp³-hybridized carbons (Fsp3) is 0.458. The number of hydrogen-bond acceptors (Lipinski definition) is 2. The first-order valence-corrected chi connectivity index (χ1v) is 10.6. The van der Waals surface area contributed by atoms with Gasteiger partial charge in [0.05, 0.1) is 5.56 Å². The number of piperidine rings is 1. The van der Waals surface area contributed by atoms with Crippen LogP contribution in [-0.4, -0.2) is 23.4 Å². The number of benzene rings is 2. The molecule has 4 rings (SSSR count).